The third-order valence-corrected chi connectivity index (χ3v) is 8.20. The van der Waals surface area contributed by atoms with E-state index in [9.17, 15) is 18.3 Å². The van der Waals surface area contributed by atoms with Gasteiger partial charge < -0.3 is 19.5 Å². The van der Waals surface area contributed by atoms with Gasteiger partial charge in [0.1, 0.15) is 4.91 Å². The van der Waals surface area contributed by atoms with Crippen molar-refractivity contribution in [2.75, 3.05) is 6.79 Å². The molecule has 2 heterocycles. The highest BCUT2D eigenvalue weighted by Gasteiger charge is 2.46. The molecule has 1 N–H and O–H groups in total. The summed E-state index contributed by atoms with van der Waals surface area (Å²) < 4.78 is 38.1. The second kappa shape index (κ2) is 8.78. The first kappa shape index (κ1) is 23.0. The van der Waals surface area contributed by atoms with Crippen LogP contribution in [-0.4, -0.2) is 31.1 Å². The van der Waals surface area contributed by atoms with Crippen LogP contribution in [0.2, 0.25) is 0 Å². The van der Waals surface area contributed by atoms with Gasteiger partial charge in [0, 0.05) is 6.54 Å². The van der Waals surface area contributed by atoms with E-state index in [0.717, 1.165) is 11.1 Å². The van der Waals surface area contributed by atoms with Gasteiger partial charge in [-0.1, -0.05) is 62.4 Å². The molecule has 3 aromatic rings. The number of nitrogens with zero attached hydrogens (tertiary/aromatic N) is 1. The number of aliphatic hydroxyl groups is 1. The van der Waals surface area contributed by atoms with Crippen molar-refractivity contribution < 1.29 is 27.8 Å². The van der Waals surface area contributed by atoms with E-state index in [0.29, 0.717) is 17.1 Å². The summed E-state index contributed by atoms with van der Waals surface area (Å²) >= 11 is 0. The maximum absolute atomic E-state index is 13.7. The van der Waals surface area contributed by atoms with Crippen LogP contribution in [0.15, 0.2) is 88.4 Å². The summed E-state index contributed by atoms with van der Waals surface area (Å²) in [6.45, 7) is 4.33. The summed E-state index contributed by atoms with van der Waals surface area (Å²) in [7, 11) is -4.16. The Hall–Kier alpha value is -3.78. The predicted molar refractivity (Wildman–Crippen MR) is 130 cm³/mol. The number of hydrogen-bond donors (Lipinski definition) is 1. The number of rotatable bonds is 6. The van der Waals surface area contributed by atoms with Crippen molar-refractivity contribution in [1.29, 1.82) is 0 Å². The van der Waals surface area contributed by atoms with E-state index in [1.165, 1.54) is 17.0 Å². The third-order valence-electron chi connectivity index (χ3n) is 6.31. The van der Waals surface area contributed by atoms with Gasteiger partial charge in [0.2, 0.25) is 16.6 Å². The maximum atomic E-state index is 13.7. The van der Waals surface area contributed by atoms with Gasteiger partial charge in [-0.2, -0.15) is 0 Å². The standard InChI is InChI=1S/C27H25NO6S/c1-17(2)19-9-11-20(12-10-19)24-26(35(31,32)21-6-4-3-5-7-21)25(29)27(30)28(24)15-18-8-13-22-23(14-18)34-16-33-22/h3-14,17,24,29H,15-16H2,1-2H3/t24-/m0/s1. The highest BCUT2D eigenvalue weighted by Crippen LogP contribution is 2.44. The second-order valence-corrected chi connectivity index (χ2v) is 10.8. The normalized spacial score (nSPS) is 17.5. The van der Waals surface area contributed by atoms with Gasteiger partial charge >= 0.3 is 0 Å². The molecule has 0 fully saturated rings. The van der Waals surface area contributed by atoms with Crippen LogP contribution in [0.3, 0.4) is 0 Å². The summed E-state index contributed by atoms with van der Waals surface area (Å²) in [6.07, 6.45) is 0. The predicted octanol–water partition coefficient (Wildman–Crippen LogP) is 4.87. The number of amides is 1. The number of ether oxygens (including phenoxy) is 2. The van der Waals surface area contributed by atoms with Crippen molar-refractivity contribution in [1.82, 2.24) is 4.90 Å². The molecule has 0 aromatic heterocycles. The SMILES string of the molecule is CC(C)c1ccc([C@H]2C(S(=O)(=O)c3ccccc3)=C(O)C(=O)N2Cc2ccc3c(c2)OCO3)cc1. The molecule has 0 saturated carbocycles. The average Bonchev–Trinajstić information content (AvgIpc) is 3.43. The zero-order valence-electron chi connectivity index (χ0n) is 19.3. The first-order chi connectivity index (χ1) is 16.8. The lowest BCUT2D eigenvalue weighted by Crippen LogP contribution is -2.30. The highest BCUT2D eigenvalue weighted by molar-refractivity contribution is 7.95. The second-order valence-electron chi connectivity index (χ2n) is 8.87. The van der Waals surface area contributed by atoms with Gasteiger partial charge in [0.15, 0.2) is 17.3 Å². The molecule has 0 spiro atoms. The molecule has 2 aliphatic heterocycles. The lowest BCUT2D eigenvalue weighted by molar-refractivity contribution is -0.130. The lowest BCUT2D eigenvalue weighted by Gasteiger charge is -2.27. The van der Waals surface area contributed by atoms with Crippen molar-refractivity contribution in [3.8, 4) is 11.5 Å². The number of carbonyl (C=O) groups excluding carboxylic acids is 1. The largest absolute Gasteiger partial charge is 0.502 e. The van der Waals surface area contributed by atoms with Gasteiger partial charge in [-0.25, -0.2) is 8.42 Å². The Bertz CT molecular complexity index is 1410. The van der Waals surface area contributed by atoms with E-state index in [1.54, 1.807) is 36.4 Å². The van der Waals surface area contributed by atoms with E-state index in [4.69, 9.17) is 9.47 Å². The summed E-state index contributed by atoms with van der Waals surface area (Å²) in [5.74, 6) is -0.0463. The summed E-state index contributed by atoms with van der Waals surface area (Å²) in [4.78, 5) is 14.4. The van der Waals surface area contributed by atoms with Crippen molar-refractivity contribution in [3.05, 3.63) is 100 Å². The van der Waals surface area contributed by atoms with Gasteiger partial charge in [0.05, 0.1) is 10.9 Å². The third kappa shape index (κ3) is 4.04. The van der Waals surface area contributed by atoms with Crippen LogP contribution in [0.25, 0.3) is 0 Å². The number of carbonyl (C=O) groups is 1. The Kier molecular flexibility index (Phi) is 5.76. The van der Waals surface area contributed by atoms with Crippen LogP contribution in [0.1, 0.15) is 42.5 Å². The van der Waals surface area contributed by atoms with E-state index < -0.39 is 27.5 Å². The van der Waals surface area contributed by atoms with E-state index in [-0.39, 0.29) is 29.1 Å². The van der Waals surface area contributed by atoms with Crippen LogP contribution in [0, 0.1) is 0 Å². The molecule has 8 heteroatoms. The molecule has 1 amide bonds. The van der Waals surface area contributed by atoms with Crippen LogP contribution >= 0.6 is 0 Å². The molecule has 0 aliphatic carbocycles. The number of aliphatic hydroxyl groups excluding tert-OH is 1. The fraction of sp³-hybridized carbons (Fsp3) is 0.222. The minimum Gasteiger partial charge on any atom is -0.502 e. The molecule has 0 unspecified atom stereocenters. The molecule has 1 atom stereocenters. The molecule has 0 bridgehead atoms. The van der Waals surface area contributed by atoms with Crippen molar-refractivity contribution >= 4 is 15.7 Å². The molecule has 0 radical (unpaired) electrons. The average molecular weight is 492 g/mol. The molecule has 35 heavy (non-hydrogen) atoms. The fourth-order valence-corrected chi connectivity index (χ4v) is 6.09. The van der Waals surface area contributed by atoms with Crippen LogP contribution in [-0.2, 0) is 21.2 Å². The summed E-state index contributed by atoms with van der Waals surface area (Å²) in [5, 5.41) is 10.9. The first-order valence-corrected chi connectivity index (χ1v) is 12.8. The molecule has 0 saturated heterocycles. The van der Waals surface area contributed by atoms with Crippen LogP contribution in [0.5, 0.6) is 11.5 Å². The molecule has 180 valence electrons. The Balaban J connectivity index is 1.60. The quantitative estimate of drug-likeness (QED) is 0.529. The Morgan fingerprint density at radius 2 is 1.66 bits per heavy atom. The topological polar surface area (TPSA) is 93.1 Å². The minimum atomic E-state index is -4.16. The molecule has 5 rings (SSSR count). The maximum Gasteiger partial charge on any atom is 0.290 e. The Morgan fingerprint density at radius 3 is 2.34 bits per heavy atom. The zero-order chi connectivity index (χ0) is 24.7. The van der Waals surface area contributed by atoms with Crippen LogP contribution in [0.4, 0.5) is 0 Å². The lowest BCUT2D eigenvalue weighted by atomic mass is 9.98. The molecular formula is C27H25NO6S. The zero-order valence-corrected chi connectivity index (χ0v) is 20.2. The minimum absolute atomic E-state index is 0.0167. The number of hydrogen-bond acceptors (Lipinski definition) is 6. The van der Waals surface area contributed by atoms with Gasteiger partial charge in [0.25, 0.3) is 5.91 Å². The number of benzene rings is 3. The van der Waals surface area contributed by atoms with Gasteiger partial charge in [-0.3, -0.25) is 4.79 Å². The summed E-state index contributed by atoms with van der Waals surface area (Å²) in [6, 6.07) is 19.6. The molecule has 7 nitrogen and oxygen atoms in total. The highest BCUT2D eigenvalue weighted by atomic mass is 32.2. The fourth-order valence-electron chi connectivity index (χ4n) is 4.42. The van der Waals surface area contributed by atoms with E-state index in [2.05, 4.69) is 13.8 Å². The van der Waals surface area contributed by atoms with Gasteiger partial charge in [-0.15, -0.1) is 0 Å². The van der Waals surface area contributed by atoms with Crippen molar-refractivity contribution in [3.63, 3.8) is 0 Å². The summed E-state index contributed by atoms with van der Waals surface area (Å²) in [5.41, 5.74) is 2.40. The number of sulfone groups is 1. The van der Waals surface area contributed by atoms with E-state index >= 15 is 0 Å². The number of fused-ring (bicyclic) bond motifs is 1. The van der Waals surface area contributed by atoms with E-state index in [1.807, 2.05) is 24.3 Å². The smallest absolute Gasteiger partial charge is 0.290 e. The Labute approximate surface area is 204 Å². The Morgan fingerprint density at radius 1 is 0.971 bits per heavy atom. The molecule has 3 aromatic carbocycles. The molecule has 2 aliphatic rings. The van der Waals surface area contributed by atoms with Gasteiger partial charge in [-0.05, 0) is 46.9 Å². The van der Waals surface area contributed by atoms with Crippen molar-refractivity contribution in [2.45, 2.75) is 37.2 Å². The van der Waals surface area contributed by atoms with Crippen molar-refractivity contribution in [2.24, 2.45) is 0 Å². The van der Waals surface area contributed by atoms with Crippen LogP contribution < -0.4 is 9.47 Å². The molecular weight excluding hydrogens is 466 g/mol. The monoisotopic (exact) mass is 491 g/mol. The first-order valence-electron chi connectivity index (χ1n) is 11.3.